The monoisotopic (exact) mass is 467 g/mol. The van der Waals surface area contributed by atoms with Crippen molar-refractivity contribution in [3.63, 3.8) is 0 Å². The quantitative estimate of drug-likeness (QED) is 0.362. The Morgan fingerprint density at radius 2 is 2.32 bits per heavy atom. The first-order valence-electron chi connectivity index (χ1n) is 8.88. The number of ether oxygens (including phenoxy) is 1. The third-order valence-electron chi connectivity index (χ3n) is 4.01. The summed E-state index contributed by atoms with van der Waals surface area (Å²) in [5.74, 6) is 0.390. The first-order valence-corrected chi connectivity index (χ1v) is 10.6. The number of fused-ring (bicyclic) bond motifs is 1. The summed E-state index contributed by atoms with van der Waals surface area (Å²) in [4.78, 5) is 22.9. The number of halogens is 2. The van der Waals surface area contributed by atoms with Crippen LogP contribution in [0, 0.1) is 5.82 Å². The van der Waals surface area contributed by atoms with E-state index in [0.717, 1.165) is 40.4 Å². The van der Waals surface area contributed by atoms with E-state index in [2.05, 4.69) is 37.4 Å². The zero-order valence-electron chi connectivity index (χ0n) is 16.0. The van der Waals surface area contributed by atoms with Crippen molar-refractivity contribution in [2.75, 3.05) is 26.7 Å². The van der Waals surface area contributed by atoms with Crippen molar-refractivity contribution in [2.45, 2.75) is 19.8 Å². The highest BCUT2D eigenvalue weighted by atomic mass is 79.9. The van der Waals surface area contributed by atoms with Gasteiger partial charge < -0.3 is 9.64 Å². The van der Waals surface area contributed by atoms with E-state index in [1.54, 1.807) is 24.6 Å². The molecule has 0 amide bonds. The lowest BCUT2D eigenvalue weighted by atomic mass is 10.1. The molecule has 3 rings (SSSR count). The second-order valence-corrected chi connectivity index (χ2v) is 7.67. The summed E-state index contributed by atoms with van der Waals surface area (Å²) in [6.07, 6.45) is 1.91. The fourth-order valence-electron chi connectivity index (χ4n) is 2.88. The standard InChI is InChI=1S/C14H19N3O2S.C6H4BrF/c1-4-19-14(18)10-9-16-12(13(15-3)20-5-2)17-8-6-7-11(10)17;7-5-2-1-3-6(8)4-5/h5H,2,4,6-9H2,1,3H3;1-4H. The van der Waals surface area contributed by atoms with Gasteiger partial charge in [0.15, 0.2) is 5.84 Å². The molecule has 0 N–H and O–H groups in total. The maximum Gasteiger partial charge on any atom is 0.337 e. The summed E-state index contributed by atoms with van der Waals surface area (Å²) in [5.41, 5.74) is 1.73. The van der Waals surface area contributed by atoms with Crippen molar-refractivity contribution < 1.29 is 13.9 Å². The van der Waals surface area contributed by atoms with Gasteiger partial charge >= 0.3 is 5.97 Å². The van der Waals surface area contributed by atoms with Gasteiger partial charge in [0, 0.05) is 23.8 Å². The minimum absolute atomic E-state index is 0.209. The van der Waals surface area contributed by atoms with Gasteiger partial charge in [0.25, 0.3) is 0 Å². The van der Waals surface area contributed by atoms with Crippen LogP contribution in [-0.4, -0.2) is 48.5 Å². The number of benzene rings is 1. The van der Waals surface area contributed by atoms with Crippen LogP contribution < -0.4 is 0 Å². The highest BCUT2D eigenvalue weighted by Crippen LogP contribution is 2.30. The Bertz CT molecular complexity index is 806. The average molecular weight is 468 g/mol. The number of esters is 1. The van der Waals surface area contributed by atoms with Crippen molar-refractivity contribution in [1.29, 1.82) is 0 Å². The molecule has 0 radical (unpaired) electrons. The third kappa shape index (κ3) is 5.78. The lowest BCUT2D eigenvalue weighted by Crippen LogP contribution is -2.37. The molecule has 0 aromatic heterocycles. The van der Waals surface area contributed by atoms with Crippen LogP contribution in [0.5, 0.6) is 0 Å². The number of carbonyl (C=O) groups excluding carboxylic acids is 1. The Morgan fingerprint density at radius 3 is 2.89 bits per heavy atom. The summed E-state index contributed by atoms with van der Waals surface area (Å²) in [5, 5.41) is 2.58. The molecule has 0 bridgehead atoms. The molecule has 150 valence electrons. The number of amidine groups is 1. The molecule has 1 fully saturated rings. The fourth-order valence-corrected chi connectivity index (χ4v) is 3.80. The topological polar surface area (TPSA) is 54.3 Å². The number of allylic oxidation sites excluding steroid dienone is 1. The van der Waals surface area contributed by atoms with E-state index >= 15 is 0 Å². The Labute approximate surface area is 177 Å². The Morgan fingerprint density at radius 1 is 1.54 bits per heavy atom. The molecule has 0 spiro atoms. The number of hydrogen-bond acceptors (Lipinski definition) is 6. The highest BCUT2D eigenvalue weighted by molar-refractivity contribution is 9.10. The number of nitrogens with zero attached hydrogens (tertiary/aromatic N) is 3. The normalized spacial score (nSPS) is 16.1. The van der Waals surface area contributed by atoms with E-state index in [1.807, 2.05) is 6.92 Å². The molecule has 1 saturated heterocycles. The van der Waals surface area contributed by atoms with Crippen LogP contribution in [0.25, 0.3) is 0 Å². The lowest BCUT2D eigenvalue weighted by molar-refractivity contribution is -0.138. The van der Waals surface area contributed by atoms with E-state index in [-0.39, 0.29) is 11.8 Å². The number of rotatable bonds is 4. The molecular formula is C20H23BrFN3O2S. The molecule has 2 heterocycles. The summed E-state index contributed by atoms with van der Waals surface area (Å²) in [7, 11) is 1.74. The average Bonchev–Trinajstić information content (AvgIpc) is 3.16. The van der Waals surface area contributed by atoms with Gasteiger partial charge in [-0.15, -0.1) is 0 Å². The molecule has 2 aliphatic rings. The smallest absolute Gasteiger partial charge is 0.337 e. The largest absolute Gasteiger partial charge is 0.463 e. The van der Waals surface area contributed by atoms with E-state index in [9.17, 15) is 9.18 Å². The van der Waals surface area contributed by atoms with Crippen LogP contribution in [0.3, 0.4) is 0 Å². The van der Waals surface area contributed by atoms with Crippen molar-refractivity contribution in [3.05, 3.63) is 57.8 Å². The van der Waals surface area contributed by atoms with Crippen molar-refractivity contribution in [1.82, 2.24) is 4.90 Å². The van der Waals surface area contributed by atoms with Gasteiger partial charge in [0.05, 0.1) is 18.7 Å². The first-order chi connectivity index (χ1) is 13.5. The number of hydrogen-bond donors (Lipinski definition) is 0. The molecule has 1 aromatic carbocycles. The summed E-state index contributed by atoms with van der Waals surface area (Å²) >= 11 is 4.58. The minimum atomic E-state index is -0.247. The van der Waals surface area contributed by atoms with Crippen LogP contribution in [0.15, 0.2) is 62.0 Å². The van der Waals surface area contributed by atoms with Crippen LogP contribution in [0.1, 0.15) is 19.8 Å². The second-order valence-electron chi connectivity index (χ2n) is 5.79. The second kappa shape index (κ2) is 11.2. The van der Waals surface area contributed by atoms with E-state index < -0.39 is 0 Å². The van der Waals surface area contributed by atoms with Gasteiger partial charge in [-0.25, -0.2) is 9.18 Å². The molecule has 8 heteroatoms. The van der Waals surface area contributed by atoms with Gasteiger partial charge in [-0.1, -0.05) is 40.3 Å². The summed E-state index contributed by atoms with van der Waals surface area (Å²) < 4.78 is 18.0. The molecule has 0 atom stereocenters. The zero-order chi connectivity index (χ0) is 20.5. The maximum atomic E-state index is 12.1. The maximum absolute atomic E-state index is 12.1. The van der Waals surface area contributed by atoms with Gasteiger partial charge in [0.1, 0.15) is 10.9 Å². The molecule has 5 nitrogen and oxygen atoms in total. The Kier molecular flexibility index (Phi) is 8.92. The Hall–Kier alpha value is -1.93. The fraction of sp³-hybridized carbons (Fsp3) is 0.350. The molecule has 2 aliphatic heterocycles. The SMILES string of the molecule is C=CSC(=NC)C1=NCC(C(=O)OCC)=C2CCCN12.Fc1cccc(Br)c1. The molecule has 28 heavy (non-hydrogen) atoms. The van der Waals surface area contributed by atoms with Crippen LogP contribution in [-0.2, 0) is 9.53 Å². The molecule has 0 unspecified atom stereocenters. The lowest BCUT2D eigenvalue weighted by Gasteiger charge is -2.28. The zero-order valence-corrected chi connectivity index (χ0v) is 18.4. The predicted molar refractivity (Wildman–Crippen MR) is 117 cm³/mol. The summed E-state index contributed by atoms with van der Waals surface area (Å²) in [6.45, 7) is 7.16. The van der Waals surface area contributed by atoms with Crippen LogP contribution in [0.2, 0.25) is 0 Å². The van der Waals surface area contributed by atoms with Crippen LogP contribution >= 0.6 is 27.7 Å². The van der Waals surface area contributed by atoms with Crippen LogP contribution in [0.4, 0.5) is 4.39 Å². The van der Waals surface area contributed by atoms with E-state index in [0.29, 0.717) is 18.7 Å². The number of aliphatic imine (C=N–C) groups is 2. The molecule has 1 aromatic rings. The molecule has 0 aliphatic carbocycles. The predicted octanol–water partition coefficient (Wildman–Crippen LogP) is 4.80. The van der Waals surface area contributed by atoms with Gasteiger partial charge in [-0.05, 0) is 43.4 Å². The van der Waals surface area contributed by atoms with Crippen molar-refractivity contribution in [2.24, 2.45) is 9.98 Å². The number of carbonyl (C=O) groups is 1. The minimum Gasteiger partial charge on any atom is -0.463 e. The van der Waals surface area contributed by atoms with Gasteiger partial charge in [0.2, 0.25) is 0 Å². The van der Waals surface area contributed by atoms with E-state index in [1.165, 1.54) is 23.9 Å². The molecular weight excluding hydrogens is 445 g/mol. The Balaban J connectivity index is 0.000000292. The number of thioether (sulfide) groups is 1. The van der Waals surface area contributed by atoms with E-state index in [4.69, 9.17) is 4.74 Å². The van der Waals surface area contributed by atoms with Crippen molar-refractivity contribution >= 4 is 44.5 Å². The van der Waals surface area contributed by atoms with Crippen molar-refractivity contribution in [3.8, 4) is 0 Å². The molecule has 0 saturated carbocycles. The summed E-state index contributed by atoms with van der Waals surface area (Å²) in [6, 6.07) is 6.26. The highest BCUT2D eigenvalue weighted by Gasteiger charge is 2.33. The third-order valence-corrected chi connectivity index (χ3v) is 5.26. The van der Waals surface area contributed by atoms with Gasteiger partial charge in [-0.3, -0.25) is 9.98 Å². The van der Waals surface area contributed by atoms with Gasteiger partial charge in [-0.2, -0.15) is 0 Å². The first kappa shape index (κ1) is 22.4.